The lowest BCUT2D eigenvalue weighted by Gasteiger charge is -2.02. The Morgan fingerprint density at radius 3 is 2.64 bits per heavy atom. The molecule has 0 unspecified atom stereocenters. The number of hydrogen-bond acceptors (Lipinski definition) is 4. The van der Waals surface area contributed by atoms with E-state index in [0.29, 0.717) is 0 Å². The summed E-state index contributed by atoms with van der Waals surface area (Å²) in [5.74, 6) is -0.206. The van der Waals surface area contributed by atoms with Crippen molar-refractivity contribution in [2.45, 2.75) is 45.1 Å². The standard InChI is InChI=1S/C16H16N4.C5H8O3/c1-2-13(12-4-5-12)8-14(3-1)15-9-18-20(10-15)11-16-6-7-17-19-16;1-4(6)2-3-5(7)8/h1-3,6-10,12H,4-5,11H2,(H,17,19);2-3H2,1H3,(H,7,8). The van der Waals surface area contributed by atoms with Crippen molar-refractivity contribution < 1.29 is 14.7 Å². The van der Waals surface area contributed by atoms with Crippen LogP contribution in [0.4, 0.5) is 0 Å². The lowest BCUT2D eigenvalue weighted by molar-refractivity contribution is -0.138. The molecule has 0 amide bonds. The minimum atomic E-state index is -0.916. The monoisotopic (exact) mass is 380 g/mol. The van der Waals surface area contributed by atoms with Crippen LogP contribution in [0.5, 0.6) is 0 Å². The van der Waals surface area contributed by atoms with E-state index in [1.165, 1.54) is 36.5 Å². The van der Waals surface area contributed by atoms with Gasteiger partial charge in [0.2, 0.25) is 0 Å². The number of carboxylic acids is 1. The normalized spacial score (nSPS) is 12.9. The number of hydrogen-bond donors (Lipinski definition) is 2. The van der Waals surface area contributed by atoms with Crippen molar-refractivity contribution in [2.24, 2.45) is 0 Å². The molecule has 3 aromatic rings. The molecule has 0 radical (unpaired) electrons. The zero-order valence-electron chi connectivity index (χ0n) is 15.8. The first-order valence-electron chi connectivity index (χ1n) is 9.33. The predicted octanol–water partition coefficient (Wildman–Crippen LogP) is 3.64. The summed E-state index contributed by atoms with van der Waals surface area (Å²) in [4.78, 5) is 19.8. The topological polar surface area (TPSA) is 101 Å². The first-order chi connectivity index (χ1) is 13.5. The van der Waals surface area contributed by atoms with E-state index in [4.69, 9.17) is 5.11 Å². The second-order valence-electron chi connectivity index (χ2n) is 7.00. The highest BCUT2D eigenvalue weighted by atomic mass is 16.4. The summed E-state index contributed by atoms with van der Waals surface area (Å²) in [5.41, 5.74) is 4.95. The van der Waals surface area contributed by atoms with Crippen molar-refractivity contribution in [2.75, 3.05) is 0 Å². The highest BCUT2D eigenvalue weighted by Crippen LogP contribution is 2.41. The van der Waals surface area contributed by atoms with E-state index in [-0.39, 0.29) is 18.6 Å². The molecule has 2 heterocycles. The van der Waals surface area contributed by atoms with Gasteiger partial charge in [0, 0.05) is 24.4 Å². The van der Waals surface area contributed by atoms with Gasteiger partial charge in [0.1, 0.15) is 5.78 Å². The number of benzene rings is 1. The van der Waals surface area contributed by atoms with Gasteiger partial charge in [-0.25, -0.2) is 0 Å². The Kier molecular flexibility index (Phi) is 6.37. The number of ketones is 1. The number of rotatable bonds is 7. The second kappa shape index (κ2) is 9.12. The van der Waals surface area contributed by atoms with Crippen LogP contribution in [-0.2, 0) is 16.1 Å². The Balaban J connectivity index is 0.000000242. The lowest BCUT2D eigenvalue weighted by atomic mass is 10.0. The molecule has 28 heavy (non-hydrogen) atoms. The number of carbonyl (C=O) groups excluding carboxylic acids is 1. The summed E-state index contributed by atoms with van der Waals surface area (Å²) in [7, 11) is 0. The molecular formula is C21H24N4O3. The smallest absolute Gasteiger partial charge is 0.303 e. The Morgan fingerprint density at radius 2 is 2.04 bits per heavy atom. The van der Waals surface area contributed by atoms with E-state index in [1.54, 1.807) is 6.20 Å². The maximum absolute atomic E-state index is 10.1. The molecule has 0 aliphatic heterocycles. The fourth-order valence-corrected chi connectivity index (χ4v) is 2.82. The lowest BCUT2D eigenvalue weighted by Crippen LogP contribution is -1.99. The molecule has 0 saturated heterocycles. The average molecular weight is 380 g/mol. The second-order valence-corrected chi connectivity index (χ2v) is 7.00. The van der Waals surface area contributed by atoms with Crippen LogP contribution in [-0.4, -0.2) is 36.8 Å². The van der Waals surface area contributed by atoms with E-state index in [1.807, 2.05) is 16.9 Å². The van der Waals surface area contributed by atoms with Gasteiger partial charge in [-0.3, -0.25) is 14.6 Å². The van der Waals surface area contributed by atoms with Crippen LogP contribution in [0.15, 0.2) is 48.9 Å². The molecule has 2 aromatic heterocycles. The highest BCUT2D eigenvalue weighted by molar-refractivity contribution is 5.80. The van der Waals surface area contributed by atoms with Crippen LogP contribution in [0.3, 0.4) is 0 Å². The van der Waals surface area contributed by atoms with Crippen LogP contribution < -0.4 is 0 Å². The molecule has 0 spiro atoms. The fraction of sp³-hybridized carbons (Fsp3) is 0.333. The third-order valence-corrected chi connectivity index (χ3v) is 4.48. The van der Waals surface area contributed by atoms with Gasteiger partial charge < -0.3 is 9.90 Å². The van der Waals surface area contributed by atoms with E-state index in [2.05, 4.69) is 45.8 Å². The number of aliphatic carboxylic acids is 1. The summed E-state index contributed by atoms with van der Waals surface area (Å²) >= 11 is 0. The van der Waals surface area contributed by atoms with Crippen LogP contribution in [0.2, 0.25) is 0 Å². The number of H-pyrrole nitrogens is 1. The van der Waals surface area contributed by atoms with Gasteiger partial charge in [-0.05, 0) is 42.9 Å². The molecule has 1 aliphatic carbocycles. The van der Waals surface area contributed by atoms with Gasteiger partial charge >= 0.3 is 5.97 Å². The Labute approximate surface area is 163 Å². The summed E-state index contributed by atoms with van der Waals surface area (Å²) in [5, 5.41) is 19.3. The number of aromatic amines is 1. The van der Waals surface area contributed by atoms with E-state index in [0.717, 1.165) is 18.2 Å². The van der Waals surface area contributed by atoms with Crippen LogP contribution in [0.1, 0.15) is 49.8 Å². The Bertz CT molecular complexity index is 913. The molecule has 2 N–H and O–H groups in total. The molecule has 0 bridgehead atoms. The van der Waals surface area contributed by atoms with Crippen molar-refractivity contribution in [3.8, 4) is 11.1 Å². The van der Waals surface area contributed by atoms with Crippen molar-refractivity contribution in [3.63, 3.8) is 0 Å². The fourth-order valence-electron chi connectivity index (χ4n) is 2.82. The SMILES string of the molecule is CC(=O)CCC(=O)O.c1cc(-c2cnn(Cc3ccn[nH]3)c2)cc(C2CC2)c1. The quantitative estimate of drug-likeness (QED) is 0.652. The summed E-state index contributed by atoms with van der Waals surface area (Å²) in [6.45, 7) is 2.10. The van der Waals surface area contributed by atoms with Gasteiger partial charge in [-0.2, -0.15) is 10.2 Å². The minimum absolute atomic E-state index is 0.0463. The van der Waals surface area contributed by atoms with Gasteiger partial charge in [0.05, 0.1) is 24.9 Å². The van der Waals surface area contributed by atoms with Crippen molar-refractivity contribution >= 4 is 11.8 Å². The Morgan fingerprint density at radius 1 is 1.21 bits per heavy atom. The zero-order valence-corrected chi connectivity index (χ0v) is 15.8. The van der Waals surface area contributed by atoms with Crippen molar-refractivity contribution in [1.29, 1.82) is 0 Å². The number of carboxylic acid groups (broad SMARTS) is 1. The molecule has 7 nitrogen and oxygen atoms in total. The molecule has 1 saturated carbocycles. The number of nitrogens with one attached hydrogen (secondary N) is 1. The number of aromatic nitrogens is 4. The van der Waals surface area contributed by atoms with Gasteiger partial charge in [0.25, 0.3) is 0 Å². The summed E-state index contributed by atoms with van der Waals surface area (Å²) in [6.07, 6.45) is 8.56. The van der Waals surface area contributed by atoms with Crippen molar-refractivity contribution in [1.82, 2.24) is 20.0 Å². The average Bonchev–Trinajstić information content (AvgIpc) is 3.21. The van der Waals surface area contributed by atoms with Gasteiger partial charge in [0.15, 0.2) is 0 Å². The molecule has 1 fully saturated rings. The maximum Gasteiger partial charge on any atom is 0.303 e. The third-order valence-electron chi connectivity index (χ3n) is 4.48. The molecule has 0 atom stereocenters. The first kappa shape index (κ1) is 19.5. The van der Waals surface area contributed by atoms with Crippen LogP contribution in [0, 0.1) is 0 Å². The minimum Gasteiger partial charge on any atom is -0.481 e. The summed E-state index contributed by atoms with van der Waals surface area (Å²) in [6, 6.07) is 10.8. The number of Topliss-reactive ketones (excluding diaryl/α,β-unsaturated/α-hetero) is 1. The molecule has 1 aromatic carbocycles. The first-order valence-corrected chi connectivity index (χ1v) is 9.33. The van der Waals surface area contributed by atoms with E-state index >= 15 is 0 Å². The zero-order chi connectivity index (χ0) is 19.9. The maximum atomic E-state index is 10.1. The largest absolute Gasteiger partial charge is 0.481 e. The number of nitrogens with zero attached hydrogens (tertiary/aromatic N) is 3. The Hall–Kier alpha value is -3.22. The van der Waals surface area contributed by atoms with E-state index in [9.17, 15) is 9.59 Å². The molecule has 4 rings (SSSR count). The van der Waals surface area contributed by atoms with Crippen LogP contribution in [0.25, 0.3) is 11.1 Å². The summed E-state index contributed by atoms with van der Waals surface area (Å²) < 4.78 is 1.94. The van der Waals surface area contributed by atoms with Crippen molar-refractivity contribution in [3.05, 3.63) is 60.2 Å². The molecule has 146 valence electrons. The van der Waals surface area contributed by atoms with Gasteiger partial charge in [-0.15, -0.1) is 0 Å². The molecule has 1 aliphatic rings. The third kappa shape index (κ3) is 5.90. The molecular weight excluding hydrogens is 356 g/mol. The highest BCUT2D eigenvalue weighted by Gasteiger charge is 2.23. The predicted molar refractivity (Wildman–Crippen MR) is 105 cm³/mol. The number of carbonyl (C=O) groups is 2. The van der Waals surface area contributed by atoms with Gasteiger partial charge in [-0.1, -0.05) is 24.3 Å². The molecule has 7 heteroatoms. The van der Waals surface area contributed by atoms with Crippen LogP contribution >= 0.6 is 0 Å². The van der Waals surface area contributed by atoms with E-state index < -0.39 is 5.97 Å².